The van der Waals surface area contributed by atoms with Gasteiger partial charge in [0, 0.05) is 12.2 Å². The van der Waals surface area contributed by atoms with Crippen LogP contribution in [-0.4, -0.2) is 22.8 Å². The molecule has 0 bridgehead atoms. The molecule has 1 rings (SSSR count). The predicted molar refractivity (Wildman–Crippen MR) is 64.0 cm³/mol. The Labute approximate surface area is 101 Å². The van der Waals surface area contributed by atoms with Gasteiger partial charge in [0.2, 0.25) is 0 Å². The summed E-state index contributed by atoms with van der Waals surface area (Å²) in [7, 11) is 0. The molecule has 1 aromatic heterocycles. The molecule has 92 valence electrons. The van der Waals surface area contributed by atoms with Crippen molar-refractivity contribution >= 4 is 11.8 Å². The van der Waals surface area contributed by atoms with Gasteiger partial charge in [0.25, 0.3) is 0 Å². The number of nitrogens with one attached hydrogen (secondary N) is 2. The molecule has 2 N–H and O–H groups in total. The van der Waals surface area contributed by atoms with Crippen molar-refractivity contribution in [3.05, 3.63) is 30.1 Å². The minimum atomic E-state index is -0.629. The first-order chi connectivity index (χ1) is 8.13. The number of rotatable bonds is 4. The van der Waals surface area contributed by atoms with Crippen LogP contribution in [0.1, 0.15) is 26.0 Å². The lowest BCUT2D eigenvalue weighted by Crippen LogP contribution is -2.43. The number of hydrogen-bond donors (Lipinski definition) is 2. The Balaban J connectivity index is 2.37. The van der Waals surface area contributed by atoms with Crippen LogP contribution in [0.15, 0.2) is 24.4 Å². The summed E-state index contributed by atoms with van der Waals surface area (Å²) in [5, 5.41) is 5.11. The number of carbonyl (C=O) groups excluding carboxylic acids is 2. The summed E-state index contributed by atoms with van der Waals surface area (Å²) in [5.74, 6) is -1.23. The van der Waals surface area contributed by atoms with Gasteiger partial charge in [-0.15, -0.1) is 0 Å². The van der Waals surface area contributed by atoms with Crippen LogP contribution in [0, 0.1) is 0 Å². The maximum Gasteiger partial charge on any atom is 0.309 e. The van der Waals surface area contributed by atoms with Crippen LogP contribution in [0.4, 0.5) is 0 Å². The fourth-order valence-electron chi connectivity index (χ4n) is 1.15. The molecule has 0 radical (unpaired) electrons. The molecule has 0 saturated carbocycles. The Morgan fingerprint density at radius 1 is 1.35 bits per heavy atom. The number of amides is 2. The van der Waals surface area contributed by atoms with Crippen LogP contribution in [-0.2, 0) is 16.1 Å². The Bertz CT molecular complexity index is 379. The zero-order valence-electron chi connectivity index (χ0n) is 10.1. The van der Waals surface area contributed by atoms with Crippen molar-refractivity contribution in [2.45, 2.75) is 32.9 Å². The highest BCUT2D eigenvalue weighted by molar-refractivity contribution is 6.35. The highest BCUT2D eigenvalue weighted by Gasteiger charge is 2.14. The first kappa shape index (κ1) is 13.2. The Morgan fingerprint density at radius 2 is 2.12 bits per heavy atom. The molecule has 0 saturated heterocycles. The molecular weight excluding hydrogens is 218 g/mol. The summed E-state index contributed by atoms with van der Waals surface area (Å²) in [6.07, 6.45) is 2.43. The lowest BCUT2D eigenvalue weighted by atomic mass is 10.2. The predicted octanol–water partition coefficient (Wildman–Crippen LogP) is 0.612. The average molecular weight is 235 g/mol. The largest absolute Gasteiger partial charge is 0.345 e. The van der Waals surface area contributed by atoms with E-state index in [1.165, 1.54) is 0 Å². The summed E-state index contributed by atoms with van der Waals surface area (Å²) in [4.78, 5) is 26.8. The third kappa shape index (κ3) is 4.63. The molecule has 0 unspecified atom stereocenters. The molecule has 1 aromatic rings. The molecule has 0 spiro atoms. The molecule has 0 aliphatic carbocycles. The summed E-state index contributed by atoms with van der Waals surface area (Å²) >= 11 is 0. The molecule has 17 heavy (non-hydrogen) atoms. The van der Waals surface area contributed by atoms with Crippen LogP contribution in [0.5, 0.6) is 0 Å². The molecule has 1 heterocycles. The topological polar surface area (TPSA) is 71.1 Å². The van der Waals surface area contributed by atoms with Crippen molar-refractivity contribution in [3.63, 3.8) is 0 Å². The van der Waals surface area contributed by atoms with Crippen molar-refractivity contribution < 1.29 is 9.59 Å². The van der Waals surface area contributed by atoms with Crippen molar-refractivity contribution in [2.75, 3.05) is 0 Å². The second kappa shape index (κ2) is 6.62. The maximum absolute atomic E-state index is 11.4. The van der Waals surface area contributed by atoms with Crippen LogP contribution in [0.2, 0.25) is 0 Å². The third-order valence-corrected chi connectivity index (χ3v) is 2.35. The summed E-state index contributed by atoms with van der Waals surface area (Å²) in [5.41, 5.74) is 0.720. The van der Waals surface area contributed by atoms with E-state index in [0.717, 1.165) is 12.1 Å². The average Bonchev–Trinajstić information content (AvgIpc) is 2.36. The van der Waals surface area contributed by atoms with Gasteiger partial charge in [-0.1, -0.05) is 13.0 Å². The smallest absolute Gasteiger partial charge is 0.309 e. The third-order valence-electron chi connectivity index (χ3n) is 2.35. The van der Waals surface area contributed by atoms with Gasteiger partial charge < -0.3 is 10.6 Å². The number of pyridine rings is 1. The number of carbonyl (C=O) groups is 2. The fraction of sp³-hybridized carbons (Fsp3) is 0.417. The fourth-order valence-corrected chi connectivity index (χ4v) is 1.15. The minimum absolute atomic E-state index is 0.00287. The standard InChI is InChI=1S/C12H17N3O2/c1-3-9(2)15-12(17)11(16)14-8-10-6-4-5-7-13-10/h4-7,9H,3,8H2,1-2H3,(H,14,16)(H,15,17)/t9-/m0/s1. The second-order valence-corrected chi connectivity index (χ2v) is 3.79. The molecule has 5 heteroatoms. The second-order valence-electron chi connectivity index (χ2n) is 3.79. The van der Waals surface area contributed by atoms with E-state index in [4.69, 9.17) is 0 Å². The van der Waals surface area contributed by atoms with Gasteiger partial charge in [-0.25, -0.2) is 0 Å². The van der Waals surface area contributed by atoms with Gasteiger partial charge in [-0.3, -0.25) is 14.6 Å². The highest BCUT2D eigenvalue weighted by Crippen LogP contribution is 1.92. The van der Waals surface area contributed by atoms with E-state index in [2.05, 4.69) is 15.6 Å². The minimum Gasteiger partial charge on any atom is -0.345 e. The quantitative estimate of drug-likeness (QED) is 0.751. The van der Waals surface area contributed by atoms with E-state index in [1.807, 2.05) is 19.9 Å². The number of hydrogen-bond acceptors (Lipinski definition) is 3. The SMILES string of the molecule is CC[C@H](C)NC(=O)C(=O)NCc1ccccn1. The van der Waals surface area contributed by atoms with E-state index < -0.39 is 11.8 Å². The highest BCUT2D eigenvalue weighted by atomic mass is 16.2. The zero-order chi connectivity index (χ0) is 12.7. The monoisotopic (exact) mass is 235 g/mol. The molecule has 0 aromatic carbocycles. The van der Waals surface area contributed by atoms with Crippen LogP contribution < -0.4 is 10.6 Å². The lowest BCUT2D eigenvalue weighted by molar-refractivity contribution is -0.139. The lowest BCUT2D eigenvalue weighted by Gasteiger charge is -2.10. The van der Waals surface area contributed by atoms with E-state index in [1.54, 1.807) is 18.3 Å². The molecule has 1 atom stereocenters. The van der Waals surface area contributed by atoms with Crippen molar-refractivity contribution in [2.24, 2.45) is 0 Å². The first-order valence-electron chi connectivity index (χ1n) is 5.62. The molecule has 0 fully saturated rings. The van der Waals surface area contributed by atoms with Crippen LogP contribution >= 0.6 is 0 Å². The van der Waals surface area contributed by atoms with Crippen molar-refractivity contribution in [3.8, 4) is 0 Å². The Hall–Kier alpha value is -1.91. The molecule has 2 amide bonds. The van der Waals surface area contributed by atoms with E-state index >= 15 is 0 Å². The van der Waals surface area contributed by atoms with Gasteiger partial charge in [0.05, 0.1) is 12.2 Å². The number of nitrogens with zero attached hydrogens (tertiary/aromatic N) is 1. The zero-order valence-corrected chi connectivity index (χ0v) is 10.1. The molecular formula is C12H17N3O2. The molecule has 0 aliphatic heterocycles. The van der Waals surface area contributed by atoms with E-state index in [0.29, 0.717) is 0 Å². The van der Waals surface area contributed by atoms with Gasteiger partial charge in [-0.05, 0) is 25.5 Å². The molecule has 0 aliphatic rings. The normalized spacial score (nSPS) is 11.6. The van der Waals surface area contributed by atoms with Crippen molar-refractivity contribution in [1.82, 2.24) is 15.6 Å². The summed E-state index contributed by atoms with van der Waals surface area (Å²) in [6, 6.07) is 5.41. The van der Waals surface area contributed by atoms with Gasteiger partial charge in [0.15, 0.2) is 0 Å². The maximum atomic E-state index is 11.4. The van der Waals surface area contributed by atoms with E-state index in [9.17, 15) is 9.59 Å². The van der Waals surface area contributed by atoms with Gasteiger partial charge in [0.1, 0.15) is 0 Å². The van der Waals surface area contributed by atoms with Crippen LogP contribution in [0.25, 0.3) is 0 Å². The number of aromatic nitrogens is 1. The van der Waals surface area contributed by atoms with Crippen LogP contribution in [0.3, 0.4) is 0 Å². The summed E-state index contributed by atoms with van der Waals surface area (Å²) < 4.78 is 0. The molecule has 5 nitrogen and oxygen atoms in total. The van der Waals surface area contributed by atoms with Gasteiger partial charge in [-0.2, -0.15) is 0 Å². The Morgan fingerprint density at radius 3 is 2.71 bits per heavy atom. The van der Waals surface area contributed by atoms with Gasteiger partial charge >= 0.3 is 11.8 Å². The summed E-state index contributed by atoms with van der Waals surface area (Å²) in [6.45, 7) is 4.05. The first-order valence-corrected chi connectivity index (χ1v) is 5.62. The Kier molecular flexibility index (Phi) is 5.13. The van der Waals surface area contributed by atoms with Crippen molar-refractivity contribution in [1.29, 1.82) is 0 Å². The van der Waals surface area contributed by atoms with E-state index in [-0.39, 0.29) is 12.6 Å².